The minimum Gasteiger partial charge on any atom is -0.394 e. The molecule has 0 aromatic carbocycles. The largest absolute Gasteiger partial charge is 0.394 e. The van der Waals surface area contributed by atoms with Crippen LogP contribution in [0.5, 0.6) is 0 Å². The molecule has 0 aromatic heterocycles. The van der Waals surface area contributed by atoms with Gasteiger partial charge in [0.05, 0.1) is 31.5 Å². The molecule has 18 nitrogen and oxygen atoms in total. The lowest BCUT2D eigenvalue weighted by atomic mass is 9.95. The van der Waals surface area contributed by atoms with Gasteiger partial charge in [-0.25, -0.2) is 0 Å². The minimum absolute atomic E-state index is 0.157. The van der Waals surface area contributed by atoms with Gasteiger partial charge >= 0.3 is 0 Å². The Morgan fingerprint density at radius 3 is 1.71 bits per heavy atom. The van der Waals surface area contributed by atoms with Crippen molar-refractivity contribution in [2.45, 2.75) is 137 Å². The predicted octanol–water partition coefficient (Wildman–Crippen LogP) is -6.66. The summed E-state index contributed by atoms with van der Waals surface area (Å²) >= 11 is 0. The van der Waals surface area contributed by atoms with Crippen LogP contribution in [0.25, 0.3) is 0 Å². The molecule has 42 heavy (non-hydrogen) atoms. The highest BCUT2D eigenvalue weighted by atomic mass is 16.8. The summed E-state index contributed by atoms with van der Waals surface area (Å²) < 4.78 is 39.6. The number of hydrogen-bond donors (Lipinski definition) is 11. The van der Waals surface area contributed by atoms with Crippen molar-refractivity contribution in [2.75, 3.05) is 13.2 Å². The Labute approximate surface area is 240 Å². The van der Waals surface area contributed by atoms with Gasteiger partial charge < -0.3 is 89.3 Å². The molecule has 19 atom stereocenters. The summed E-state index contributed by atoms with van der Waals surface area (Å²) in [5.41, 5.74) is 0. The molecule has 4 fully saturated rings. The molecule has 0 aromatic rings. The first-order valence-electron chi connectivity index (χ1n) is 13.7. The third-order valence-electron chi connectivity index (χ3n) is 8.00. The minimum atomic E-state index is -1.91. The van der Waals surface area contributed by atoms with Gasteiger partial charge in [-0.15, -0.1) is 0 Å². The van der Waals surface area contributed by atoms with Gasteiger partial charge in [0.2, 0.25) is 0 Å². The molecule has 4 aliphatic heterocycles. The predicted molar refractivity (Wildman–Crippen MR) is 130 cm³/mol. The van der Waals surface area contributed by atoms with Crippen molar-refractivity contribution in [3.8, 4) is 0 Å². The number of aliphatic hydroxyl groups excluding tert-OH is 11. The highest BCUT2D eigenvalue weighted by Crippen LogP contribution is 2.35. The molecule has 0 saturated carbocycles. The van der Waals surface area contributed by atoms with Crippen LogP contribution in [0.2, 0.25) is 0 Å². The molecule has 0 spiro atoms. The Balaban J connectivity index is 1.66. The van der Waals surface area contributed by atoms with Crippen molar-refractivity contribution in [2.24, 2.45) is 0 Å². The highest BCUT2D eigenvalue weighted by molar-refractivity contribution is 4.97. The van der Waals surface area contributed by atoms with Gasteiger partial charge in [-0.2, -0.15) is 0 Å². The second-order valence-corrected chi connectivity index (χ2v) is 11.0. The summed E-state index contributed by atoms with van der Waals surface area (Å²) in [6, 6.07) is 0. The van der Waals surface area contributed by atoms with Crippen molar-refractivity contribution in [3.05, 3.63) is 0 Å². The molecule has 1 unspecified atom stereocenters. The van der Waals surface area contributed by atoms with Gasteiger partial charge in [-0.3, -0.25) is 0 Å². The Kier molecular flexibility index (Phi) is 11.5. The molecule has 4 rings (SSSR count). The summed E-state index contributed by atoms with van der Waals surface area (Å²) in [5.74, 6) is 0. The Hall–Kier alpha value is -0.720. The molecule has 0 amide bonds. The van der Waals surface area contributed by atoms with Gasteiger partial charge in [0.1, 0.15) is 73.2 Å². The van der Waals surface area contributed by atoms with E-state index in [4.69, 9.17) is 33.2 Å². The number of ether oxygens (including phenoxy) is 7. The topological polar surface area (TPSA) is 287 Å². The third-order valence-corrected chi connectivity index (χ3v) is 8.00. The standard InChI is InChI=1S/C24H42O18/c1-6-8(27)3-9(28)22(37-6)41-19-13(30)11(5-26)39-24(40-18-7(2)36-21(35)16(33)15(18)32)20(19)42-23-17(34)14(31)12(29)10(4-25)38-23/h6-35H,3-5H2,1-2H3/t6-,7+,8+,9+,10-,11-,12+,13-,14+,15+,16-,17-,18+,19+,20+,21?,22-,23-,24-/m1/s1. The van der Waals surface area contributed by atoms with Crippen LogP contribution in [0.4, 0.5) is 0 Å². The molecule has 11 N–H and O–H groups in total. The number of hydrogen-bond acceptors (Lipinski definition) is 18. The summed E-state index contributed by atoms with van der Waals surface area (Å²) in [7, 11) is 0. The van der Waals surface area contributed by atoms with E-state index < -0.39 is 130 Å². The van der Waals surface area contributed by atoms with Crippen LogP contribution >= 0.6 is 0 Å². The summed E-state index contributed by atoms with van der Waals surface area (Å²) in [6.07, 6.45) is -29.4. The lowest BCUT2D eigenvalue weighted by Crippen LogP contribution is -2.67. The second-order valence-electron chi connectivity index (χ2n) is 11.0. The fraction of sp³-hybridized carbons (Fsp3) is 1.00. The zero-order valence-corrected chi connectivity index (χ0v) is 22.9. The van der Waals surface area contributed by atoms with Crippen molar-refractivity contribution in [3.63, 3.8) is 0 Å². The molecule has 0 radical (unpaired) electrons. The van der Waals surface area contributed by atoms with Gasteiger partial charge in [0.25, 0.3) is 0 Å². The van der Waals surface area contributed by atoms with E-state index in [0.29, 0.717) is 0 Å². The molecule has 4 saturated heterocycles. The smallest absolute Gasteiger partial charge is 0.187 e. The van der Waals surface area contributed by atoms with Crippen molar-refractivity contribution >= 4 is 0 Å². The molecule has 246 valence electrons. The average Bonchev–Trinajstić information content (AvgIpc) is 2.95. The average molecular weight is 619 g/mol. The van der Waals surface area contributed by atoms with Crippen LogP contribution in [0.15, 0.2) is 0 Å². The van der Waals surface area contributed by atoms with E-state index in [1.54, 1.807) is 0 Å². The molecular weight excluding hydrogens is 576 g/mol. The second kappa shape index (κ2) is 14.1. The van der Waals surface area contributed by atoms with E-state index in [2.05, 4.69) is 0 Å². The van der Waals surface area contributed by atoms with Crippen LogP contribution < -0.4 is 0 Å². The Bertz CT molecular complexity index is 852. The molecule has 0 aliphatic carbocycles. The van der Waals surface area contributed by atoms with E-state index in [0.717, 1.165) is 0 Å². The van der Waals surface area contributed by atoms with Gasteiger partial charge in [-0.05, 0) is 13.8 Å². The Morgan fingerprint density at radius 1 is 0.500 bits per heavy atom. The zero-order valence-electron chi connectivity index (χ0n) is 22.9. The number of rotatable bonds is 8. The van der Waals surface area contributed by atoms with Gasteiger partial charge in [-0.1, -0.05) is 0 Å². The van der Waals surface area contributed by atoms with E-state index in [9.17, 15) is 56.2 Å². The van der Waals surface area contributed by atoms with Gasteiger partial charge in [0, 0.05) is 6.42 Å². The zero-order chi connectivity index (χ0) is 31.0. The van der Waals surface area contributed by atoms with Crippen LogP contribution in [0, 0.1) is 0 Å². The normalized spacial score (nSPS) is 54.1. The van der Waals surface area contributed by atoms with Gasteiger partial charge in [0.15, 0.2) is 25.2 Å². The van der Waals surface area contributed by atoms with Crippen molar-refractivity contribution in [1.29, 1.82) is 0 Å². The SMILES string of the molecule is C[C@@H]1OC(O)[C@H](O)[C@H](O)[C@H]1O[C@H]1O[C@H](CO)[C@@H](O)[C@H](O[C@H]2O[C@H](C)[C@@H](O)C[C@@H]2O)[C@@H]1O[C@H]1O[C@H](CO)[C@H](O)[C@H](O)[C@H]1O. The fourth-order valence-electron chi connectivity index (χ4n) is 5.37. The van der Waals surface area contributed by atoms with E-state index >= 15 is 0 Å². The molecule has 4 aliphatic rings. The molecular formula is C24H42O18. The first-order valence-corrected chi connectivity index (χ1v) is 13.7. The summed E-state index contributed by atoms with van der Waals surface area (Å²) in [6.45, 7) is 1.35. The van der Waals surface area contributed by atoms with E-state index in [1.807, 2.05) is 0 Å². The molecule has 0 bridgehead atoms. The van der Waals surface area contributed by atoms with Crippen LogP contribution in [-0.2, 0) is 33.2 Å². The van der Waals surface area contributed by atoms with Crippen LogP contribution in [0.1, 0.15) is 20.3 Å². The van der Waals surface area contributed by atoms with E-state index in [1.165, 1.54) is 13.8 Å². The fourth-order valence-corrected chi connectivity index (χ4v) is 5.37. The maximum absolute atomic E-state index is 11.1. The maximum Gasteiger partial charge on any atom is 0.187 e. The van der Waals surface area contributed by atoms with Crippen molar-refractivity contribution < 1.29 is 89.3 Å². The highest BCUT2D eigenvalue weighted by Gasteiger charge is 2.55. The van der Waals surface area contributed by atoms with Crippen LogP contribution in [0.3, 0.4) is 0 Å². The summed E-state index contributed by atoms with van der Waals surface area (Å²) in [4.78, 5) is 0. The Morgan fingerprint density at radius 2 is 1.07 bits per heavy atom. The maximum atomic E-state index is 11.1. The summed E-state index contributed by atoms with van der Waals surface area (Å²) in [5, 5.41) is 113. The molecule has 18 heteroatoms. The third kappa shape index (κ3) is 6.91. The van der Waals surface area contributed by atoms with Crippen molar-refractivity contribution in [1.82, 2.24) is 0 Å². The monoisotopic (exact) mass is 618 g/mol. The molecule has 4 heterocycles. The quantitative estimate of drug-likeness (QED) is 0.120. The first kappa shape index (κ1) is 34.2. The lowest BCUT2D eigenvalue weighted by Gasteiger charge is -2.50. The van der Waals surface area contributed by atoms with E-state index in [-0.39, 0.29) is 6.42 Å². The first-order chi connectivity index (χ1) is 19.8. The number of aliphatic hydroxyl groups is 11. The van der Waals surface area contributed by atoms with Crippen LogP contribution in [-0.4, -0.2) is 186 Å². The lowest BCUT2D eigenvalue weighted by molar-refractivity contribution is -0.401.